The average Bonchev–Trinajstić information content (AvgIpc) is 3.01. The second-order valence-electron chi connectivity index (χ2n) is 5.05. The van der Waals surface area contributed by atoms with Gasteiger partial charge in [0.15, 0.2) is 5.96 Å². The Labute approximate surface area is 136 Å². The lowest BCUT2D eigenvalue weighted by atomic mass is 10.1. The van der Waals surface area contributed by atoms with Crippen LogP contribution in [0.15, 0.2) is 40.0 Å². The summed E-state index contributed by atoms with van der Waals surface area (Å²) in [5.74, 6) is -0.561. The number of guanidine groups is 1. The molecule has 5 nitrogen and oxygen atoms in total. The SMILES string of the molecule is CN=C(NCc1ccc(F)cc1C(F)(F)F)N(C)Cc1ccon1. The third-order valence-corrected chi connectivity index (χ3v) is 3.28. The Kier molecular flexibility index (Phi) is 5.42. The van der Waals surface area contributed by atoms with Crippen LogP contribution in [0.5, 0.6) is 0 Å². The topological polar surface area (TPSA) is 53.7 Å². The van der Waals surface area contributed by atoms with Crippen LogP contribution in [0.1, 0.15) is 16.8 Å². The molecule has 1 heterocycles. The summed E-state index contributed by atoms with van der Waals surface area (Å²) in [6.07, 6.45) is -3.21. The summed E-state index contributed by atoms with van der Waals surface area (Å²) in [6, 6.07) is 4.26. The highest BCUT2D eigenvalue weighted by Gasteiger charge is 2.33. The highest BCUT2D eigenvalue weighted by Crippen LogP contribution is 2.32. The first-order chi connectivity index (χ1) is 11.3. The summed E-state index contributed by atoms with van der Waals surface area (Å²) in [5.41, 5.74) is -0.428. The third-order valence-electron chi connectivity index (χ3n) is 3.28. The molecule has 24 heavy (non-hydrogen) atoms. The number of rotatable bonds is 4. The average molecular weight is 344 g/mol. The van der Waals surface area contributed by atoms with Crippen LogP contribution in [-0.2, 0) is 19.3 Å². The van der Waals surface area contributed by atoms with Gasteiger partial charge < -0.3 is 14.7 Å². The van der Waals surface area contributed by atoms with Crippen molar-refractivity contribution in [3.05, 3.63) is 53.2 Å². The predicted molar refractivity (Wildman–Crippen MR) is 79.6 cm³/mol. The predicted octanol–water partition coefficient (Wildman–Crippen LogP) is 3.04. The molecule has 0 saturated carbocycles. The second kappa shape index (κ2) is 7.33. The number of nitrogens with zero attached hydrogens (tertiary/aromatic N) is 3. The van der Waals surface area contributed by atoms with Crippen molar-refractivity contribution < 1.29 is 22.1 Å². The molecule has 0 aliphatic carbocycles. The molecule has 0 radical (unpaired) electrons. The standard InChI is InChI=1S/C15H16F4N4O/c1-20-14(23(2)9-12-5-6-24-22-12)21-8-10-3-4-11(16)7-13(10)15(17,18)19/h3-7H,8-9H2,1-2H3,(H,20,21). The molecule has 0 amide bonds. The summed E-state index contributed by atoms with van der Waals surface area (Å²) in [6.45, 7) is 0.219. The molecule has 0 unspecified atom stereocenters. The van der Waals surface area contributed by atoms with E-state index in [0.717, 1.165) is 12.1 Å². The van der Waals surface area contributed by atoms with Gasteiger partial charge in [0.1, 0.15) is 17.8 Å². The van der Waals surface area contributed by atoms with E-state index in [0.29, 0.717) is 24.3 Å². The number of aliphatic imine (C=N–C) groups is 1. The normalized spacial score (nSPS) is 12.3. The first kappa shape index (κ1) is 17.8. The molecule has 130 valence electrons. The molecule has 1 aromatic heterocycles. The molecule has 1 aromatic carbocycles. The Hall–Kier alpha value is -2.58. The number of aromatic nitrogens is 1. The molecule has 2 rings (SSSR count). The van der Waals surface area contributed by atoms with E-state index in [1.54, 1.807) is 18.0 Å². The maximum absolute atomic E-state index is 13.1. The summed E-state index contributed by atoms with van der Waals surface area (Å²) in [5, 5.41) is 6.58. The zero-order valence-corrected chi connectivity index (χ0v) is 13.1. The minimum atomic E-state index is -4.63. The molecule has 0 fully saturated rings. The van der Waals surface area contributed by atoms with Crippen LogP contribution in [0.25, 0.3) is 0 Å². The lowest BCUT2D eigenvalue weighted by molar-refractivity contribution is -0.138. The first-order valence-electron chi connectivity index (χ1n) is 6.98. The highest BCUT2D eigenvalue weighted by molar-refractivity contribution is 5.79. The van der Waals surface area contributed by atoms with Crippen LogP contribution in [0, 0.1) is 5.82 Å². The van der Waals surface area contributed by atoms with Crippen LogP contribution in [-0.4, -0.2) is 30.1 Å². The number of hydrogen-bond acceptors (Lipinski definition) is 3. The number of alkyl halides is 3. The highest BCUT2D eigenvalue weighted by atomic mass is 19.4. The minimum absolute atomic E-state index is 0.0695. The number of nitrogens with one attached hydrogen (secondary N) is 1. The van der Waals surface area contributed by atoms with E-state index in [1.165, 1.54) is 13.3 Å². The van der Waals surface area contributed by atoms with Gasteiger partial charge in [-0.3, -0.25) is 4.99 Å². The summed E-state index contributed by atoms with van der Waals surface area (Å²) < 4.78 is 56.8. The first-order valence-corrected chi connectivity index (χ1v) is 6.98. The molecule has 0 atom stereocenters. The zero-order chi connectivity index (χ0) is 17.7. The monoisotopic (exact) mass is 344 g/mol. The van der Waals surface area contributed by atoms with E-state index < -0.39 is 17.6 Å². The number of halogens is 4. The largest absolute Gasteiger partial charge is 0.416 e. The number of hydrogen-bond donors (Lipinski definition) is 1. The van der Waals surface area contributed by atoms with Gasteiger partial charge in [0.25, 0.3) is 0 Å². The van der Waals surface area contributed by atoms with E-state index in [2.05, 4.69) is 15.5 Å². The molecule has 0 aliphatic rings. The van der Waals surface area contributed by atoms with Crippen molar-refractivity contribution in [3.8, 4) is 0 Å². The van der Waals surface area contributed by atoms with Gasteiger partial charge in [-0.15, -0.1) is 0 Å². The van der Waals surface area contributed by atoms with Gasteiger partial charge in [-0.2, -0.15) is 13.2 Å². The van der Waals surface area contributed by atoms with Crippen molar-refractivity contribution in [2.24, 2.45) is 4.99 Å². The summed E-state index contributed by atoms with van der Waals surface area (Å²) in [4.78, 5) is 5.69. The smallest absolute Gasteiger partial charge is 0.364 e. The lowest BCUT2D eigenvalue weighted by Crippen LogP contribution is -2.38. The molecule has 9 heteroatoms. The van der Waals surface area contributed by atoms with Crippen molar-refractivity contribution in [1.82, 2.24) is 15.4 Å². The maximum Gasteiger partial charge on any atom is 0.416 e. The van der Waals surface area contributed by atoms with E-state index >= 15 is 0 Å². The fraction of sp³-hybridized carbons (Fsp3) is 0.333. The van der Waals surface area contributed by atoms with Gasteiger partial charge in [0.05, 0.1) is 12.1 Å². The maximum atomic E-state index is 13.1. The fourth-order valence-corrected chi connectivity index (χ4v) is 2.16. The van der Waals surface area contributed by atoms with E-state index in [4.69, 9.17) is 4.52 Å². The van der Waals surface area contributed by atoms with Crippen molar-refractivity contribution >= 4 is 5.96 Å². The van der Waals surface area contributed by atoms with Gasteiger partial charge in [-0.05, 0) is 17.7 Å². The van der Waals surface area contributed by atoms with Gasteiger partial charge in [-0.25, -0.2) is 4.39 Å². The Bertz CT molecular complexity index is 698. The zero-order valence-electron chi connectivity index (χ0n) is 13.1. The Morgan fingerprint density at radius 1 is 1.33 bits per heavy atom. The Morgan fingerprint density at radius 2 is 2.08 bits per heavy atom. The molecule has 1 N–H and O–H groups in total. The lowest BCUT2D eigenvalue weighted by Gasteiger charge is -2.22. The molecule has 0 saturated heterocycles. The third kappa shape index (κ3) is 4.46. The molecule has 2 aromatic rings. The van der Waals surface area contributed by atoms with E-state index in [-0.39, 0.29) is 12.1 Å². The van der Waals surface area contributed by atoms with Crippen molar-refractivity contribution in [1.29, 1.82) is 0 Å². The summed E-state index contributed by atoms with van der Waals surface area (Å²) in [7, 11) is 3.22. The van der Waals surface area contributed by atoms with Gasteiger partial charge in [-0.1, -0.05) is 11.2 Å². The van der Waals surface area contributed by atoms with Crippen LogP contribution in [0.4, 0.5) is 17.6 Å². The van der Waals surface area contributed by atoms with E-state index in [9.17, 15) is 17.6 Å². The molecule has 0 aliphatic heterocycles. The Morgan fingerprint density at radius 3 is 2.67 bits per heavy atom. The fourth-order valence-electron chi connectivity index (χ4n) is 2.16. The van der Waals surface area contributed by atoms with Gasteiger partial charge >= 0.3 is 6.18 Å². The molecular formula is C15H16F4N4O. The van der Waals surface area contributed by atoms with Crippen LogP contribution >= 0.6 is 0 Å². The van der Waals surface area contributed by atoms with Crippen molar-refractivity contribution in [2.75, 3.05) is 14.1 Å². The van der Waals surface area contributed by atoms with Gasteiger partial charge in [0.2, 0.25) is 0 Å². The molecule has 0 bridgehead atoms. The van der Waals surface area contributed by atoms with Crippen molar-refractivity contribution in [3.63, 3.8) is 0 Å². The van der Waals surface area contributed by atoms with E-state index in [1.807, 2.05) is 0 Å². The molecular weight excluding hydrogens is 328 g/mol. The van der Waals surface area contributed by atoms with Crippen LogP contribution in [0.3, 0.4) is 0 Å². The van der Waals surface area contributed by atoms with Crippen molar-refractivity contribution in [2.45, 2.75) is 19.3 Å². The number of benzene rings is 1. The van der Waals surface area contributed by atoms with Gasteiger partial charge in [0, 0.05) is 26.7 Å². The molecule has 0 spiro atoms. The van der Waals surface area contributed by atoms with Crippen LogP contribution < -0.4 is 5.32 Å². The quantitative estimate of drug-likeness (QED) is 0.526. The van der Waals surface area contributed by atoms with Crippen LogP contribution in [0.2, 0.25) is 0 Å². The second-order valence-corrected chi connectivity index (χ2v) is 5.05. The minimum Gasteiger partial charge on any atom is -0.364 e. The Balaban J connectivity index is 2.08. The summed E-state index contributed by atoms with van der Waals surface area (Å²) >= 11 is 0.